The molecule has 12 heavy (non-hydrogen) atoms. The summed E-state index contributed by atoms with van der Waals surface area (Å²) in [5.74, 6) is 0.137. The van der Waals surface area contributed by atoms with Crippen molar-refractivity contribution in [2.75, 3.05) is 0 Å². The lowest BCUT2D eigenvalue weighted by Gasteiger charge is -2.08. The van der Waals surface area contributed by atoms with Crippen LogP contribution in [0.1, 0.15) is 11.1 Å². The van der Waals surface area contributed by atoms with E-state index in [4.69, 9.17) is 16.8 Å². The summed E-state index contributed by atoms with van der Waals surface area (Å²) in [7, 11) is 0. The number of halogens is 1. The van der Waals surface area contributed by atoms with Gasteiger partial charge in [0.2, 0.25) is 0 Å². The summed E-state index contributed by atoms with van der Waals surface area (Å²) in [6.45, 7) is 1.98. The molecule has 0 aromatic heterocycles. The van der Waals surface area contributed by atoms with Crippen LogP contribution in [0.4, 0.5) is 0 Å². The molecule has 66 valence electrons. The van der Waals surface area contributed by atoms with Crippen molar-refractivity contribution < 1.29 is 10.3 Å². The Morgan fingerprint density at radius 2 is 2.17 bits per heavy atom. The number of rotatable bonds is 2. The SMILES string of the molecule is Cc1c(Cl)ccc(O)c1CNO. The summed E-state index contributed by atoms with van der Waals surface area (Å²) in [6.07, 6.45) is 0. The van der Waals surface area contributed by atoms with E-state index in [1.807, 2.05) is 5.48 Å². The fraction of sp³-hybridized carbons (Fsp3) is 0.250. The third-order valence-corrected chi connectivity index (χ3v) is 2.17. The van der Waals surface area contributed by atoms with Gasteiger partial charge in [-0.05, 0) is 24.6 Å². The second-order valence-electron chi connectivity index (χ2n) is 2.50. The van der Waals surface area contributed by atoms with Gasteiger partial charge in [-0.25, -0.2) is 5.48 Å². The number of nitrogens with one attached hydrogen (secondary N) is 1. The molecule has 0 aliphatic rings. The molecular weight excluding hydrogens is 178 g/mol. The number of hydrogen-bond acceptors (Lipinski definition) is 3. The van der Waals surface area contributed by atoms with Gasteiger partial charge in [-0.2, -0.15) is 0 Å². The normalized spacial score (nSPS) is 10.2. The largest absolute Gasteiger partial charge is 0.508 e. The van der Waals surface area contributed by atoms with Crippen molar-refractivity contribution in [2.24, 2.45) is 0 Å². The molecular formula is C8H10ClNO2. The number of aromatic hydroxyl groups is 1. The zero-order chi connectivity index (χ0) is 9.14. The minimum absolute atomic E-state index is 0.137. The van der Waals surface area contributed by atoms with E-state index in [-0.39, 0.29) is 12.3 Å². The molecule has 0 amide bonds. The third-order valence-electron chi connectivity index (χ3n) is 1.76. The summed E-state index contributed by atoms with van der Waals surface area (Å²) in [6, 6.07) is 3.12. The van der Waals surface area contributed by atoms with Crippen molar-refractivity contribution in [3.63, 3.8) is 0 Å². The molecule has 1 aromatic carbocycles. The average molecular weight is 188 g/mol. The molecule has 3 N–H and O–H groups in total. The van der Waals surface area contributed by atoms with Crippen LogP contribution in [0.15, 0.2) is 12.1 Å². The van der Waals surface area contributed by atoms with Crippen LogP contribution < -0.4 is 5.48 Å². The third kappa shape index (κ3) is 1.69. The molecule has 0 saturated carbocycles. The van der Waals surface area contributed by atoms with Crippen LogP contribution in [0.3, 0.4) is 0 Å². The number of hydrogen-bond donors (Lipinski definition) is 3. The Balaban J connectivity index is 3.14. The molecule has 0 radical (unpaired) electrons. The van der Waals surface area contributed by atoms with Crippen molar-refractivity contribution >= 4 is 11.6 Å². The molecule has 0 saturated heterocycles. The lowest BCUT2D eigenvalue weighted by Crippen LogP contribution is -2.07. The Kier molecular flexibility index (Phi) is 2.92. The monoisotopic (exact) mass is 187 g/mol. The smallest absolute Gasteiger partial charge is 0.120 e. The van der Waals surface area contributed by atoms with Crippen LogP contribution in [-0.2, 0) is 6.54 Å². The number of phenolic OH excluding ortho intramolecular Hbond substituents is 1. The molecule has 0 aliphatic heterocycles. The number of benzene rings is 1. The van der Waals surface area contributed by atoms with Crippen molar-refractivity contribution in [1.29, 1.82) is 0 Å². The lowest BCUT2D eigenvalue weighted by atomic mass is 10.1. The van der Waals surface area contributed by atoms with E-state index in [0.29, 0.717) is 10.6 Å². The van der Waals surface area contributed by atoms with Crippen LogP contribution in [0, 0.1) is 6.92 Å². The van der Waals surface area contributed by atoms with Gasteiger partial charge >= 0.3 is 0 Å². The van der Waals surface area contributed by atoms with Crippen molar-refractivity contribution in [1.82, 2.24) is 5.48 Å². The van der Waals surface area contributed by atoms with Crippen LogP contribution in [0.5, 0.6) is 5.75 Å². The Labute approximate surface area is 75.6 Å². The van der Waals surface area contributed by atoms with E-state index in [9.17, 15) is 5.11 Å². The highest BCUT2D eigenvalue weighted by Crippen LogP contribution is 2.26. The van der Waals surface area contributed by atoms with Gasteiger partial charge in [0.15, 0.2) is 0 Å². The second-order valence-corrected chi connectivity index (χ2v) is 2.91. The zero-order valence-corrected chi connectivity index (χ0v) is 7.39. The summed E-state index contributed by atoms with van der Waals surface area (Å²) in [5, 5.41) is 18.4. The lowest BCUT2D eigenvalue weighted by molar-refractivity contribution is 0.160. The Bertz CT molecular complexity index is 289. The van der Waals surface area contributed by atoms with E-state index in [0.717, 1.165) is 5.56 Å². The predicted molar refractivity (Wildman–Crippen MR) is 46.5 cm³/mol. The maximum absolute atomic E-state index is 9.34. The maximum atomic E-state index is 9.34. The van der Waals surface area contributed by atoms with Gasteiger partial charge in [0, 0.05) is 17.1 Å². The molecule has 1 rings (SSSR count). The minimum Gasteiger partial charge on any atom is -0.508 e. The quantitative estimate of drug-likeness (QED) is 0.620. The maximum Gasteiger partial charge on any atom is 0.120 e. The van der Waals surface area contributed by atoms with E-state index in [1.165, 1.54) is 6.07 Å². The van der Waals surface area contributed by atoms with Gasteiger partial charge in [-0.3, -0.25) is 0 Å². The number of phenols is 1. The molecule has 0 unspecified atom stereocenters. The molecule has 4 heteroatoms. The molecule has 3 nitrogen and oxygen atoms in total. The van der Waals surface area contributed by atoms with Crippen molar-refractivity contribution in [3.8, 4) is 5.75 Å². The second kappa shape index (κ2) is 3.76. The molecule has 0 atom stereocenters. The minimum atomic E-state index is 0.137. The summed E-state index contributed by atoms with van der Waals surface area (Å²) >= 11 is 5.80. The van der Waals surface area contributed by atoms with E-state index in [2.05, 4.69) is 0 Å². The predicted octanol–water partition coefficient (Wildman–Crippen LogP) is 1.83. The first-order valence-corrected chi connectivity index (χ1v) is 3.88. The van der Waals surface area contributed by atoms with E-state index >= 15 is 0 Å². The van der Waals surface area contributed by atoms with Gasteiger partial charge in [-0.15, -0.1) is 0 Å². The summed E-state index contributed by atoms with van der Waals surface area (Å²) in [5.41, 5.74) is 3.37. The average Bonchev–Trinajstić information content (AvgIpc) is 2.06. The van der Waals surface area contributed by atoms with Gasteiger partial charge in [0.25, 0.3) is 0 Å². The van der Waals surface area contributed by atoms with Gasteiger partial charge in [0.05, 0.1) is 0 Å². The van der Waals surface area contributed by atoms with Crippen LogP contribution >= 0.6 is 11.6 Å². The first-order valence-electron chi connectivity index (χ1n) is 3.50. The van der Waals surface area contributed by atoms with Gasteiger partial charge in [-0.1, -0.05) is 11.6 Å². The fourth-order valence-electron chi connectivity index (χ4n) is 1.02. The zero-order valence-electron chi connectivity index (χ0n) is 6.63. The fourth-order valence-corrected chi connectivity index (χ4v) is 1.19. The highest BCUT2D eigenvalue weighted by atomic mass is 35.5. The van der Waals surface area contributed by atoms with Crippen molar-refractivity contribution in [3.05, 3.63) is 28.3 Å². The van der Waals surface area contributed by atoms with Crippen LogP contribution in [0.2, 0.25) is 5.02 Å². The van der Waals surface area contributed by atoms with Gasteiger partial charge < -0.3 is 10.3 Å². The molecule has 0 heterocycles. The first kappa shape index (κ1) is 9.32. The van der Waals surface area contributed by atoms with E-state index < -0.39 is 0 Å². The van der Waals surface area contributed by atoms with Crippen molar-refractivity contribution in [2.45, 2.75) is 13.5 Å². The molecule has 0 spiro atoms. The highest BCUT2D eigenvalue weighted by molar-refractivity contribution is 6.31. The molecule has 0 aliphatic carbocycles. The Morgan fingerprint density at radius 3 is 2.75 bits per heavy atom. The Hall–Kier alpha value is -0.770. The topological polar surface area (TPSA) is 52.5 Å². The van der Waals surface area contributed by atoms with Crippen LogP contribution in [-0.4, -0.2) is 10.3 Å². The summed E-state index contributed by atoms with van der Waals surface area (Å²) < 4.78 is 0. The first-order chi connectivity index (χ1) is 5.66. The standard InChI is InChI=1S/C8H10ClNO2/c1-5-6(4-10-12)8(11)3-2-7(5)9/h2-3,10-12H,4H2,1H3. The molecule has 1 aromatic rings. The van der Waals surface area contributed by atoms with Crippen LogP contribution in [0.25, 0.3) is 0 Å². The molecule has 0 fully saturated rings. The number of hydroxylamine groups is 1. The van der Waals surface area contributed by atoms with Gasteiger partial charge in [0.1, 0.15) is 5.75 Å². The molecule has 0 bridgehead atoms. The summed E-state index contributed by atoms with van der Waals surface area (Å²) in [4.78, 5) is 0. The Morgan fingerprint density at radius 1 is 1.50 bits per heavy atom. The van der Waals surface area contributed by atoms with E-state index in [1.54, 1.807) is 13.0 Å². The highest BCUT2D eigenvalue weighted by Gasteiger charge is 2.06.